The van der Waals surface area contributed by atoms with Gasteiger partial charge in [-0.05, 0) is 36.0 Å². The first-order valence-electron chi connectivity index (χ1n) is 11.5. The summed E-state index contributed by atoms with van der Waals surface area (Å²) in [6.45, 7) is 1.75. The first-order valence-corrected chi connectivity index (χ1v) is 11.5. The van der Waals surface area contributed by atoms with E-state index in [0.29, 0.717) is 38.9 Å². The van der Waals surface area contributed by atoms with E-state index in [9.17, 15) is 9.59 Å². The van der Waals surface area contributed by atoms with Gasteiger partial charge in [-0.25, -0.2) is 4.79 Å². The van der Waals surface area contributed by atoms with Crippen LogP contribution in [0.25, 0.3) is 0 Å². The maximum Gasteiger partial charge on any atom is 0.410 e. The quantitative estimate of drug-likeness (QED) is 0.562. The van der Waals surface area contributed by atoms with Gasteiger partial charge < -0.3 is 15.0 Å². The van der Waals surface area contributed by atoms with Crippen molar-refractivity contribution in [2.24, 2.45) is 5.41 Å². The molecule has 0 atom stereocenters. The van der Waals surface area contributed by atoms with Crippen LogP contribution in [0.15, 0.2) is 91.0 Å². The Morgan fingerprint density at radius 1 is 0.758 bits per heavy atom. The van der Waals surface area contributed by atoms with Crippen LogP contribution in [0, 0.1) is 5.41 Å². The Kier molecular flexibility index (Phi) is 7.40. The monoisotopic (exact) mass is 442 g/mol. The number of benzene rings is 3. The first kappa shape index (κ1) is 22.6. The Morgan fingerprint density at radius 3 is 1.85 bits per heavy atom. The molecule has 5 heteroatoms. The fourth-order valence-corrected chi connectivity index (χ4v) is 4.36. The third-order valence-electron chi connectivity index (χ3n) is 6.35. The minimum atomic E-state index is -0.549. The third-order valence-corrected chi connectivity index (χ3v) is 6.35. The molecule has 0 spiro atoms. The van der Waals surface area contributed by atoms with Crippen LogP contribution in [0.1, 0.15) is 29.5 Å². The van der Waals surface area contributed by atoms with Gasteiger partial charge in [0, 0.05) is 19.6 Å². The van der Waals surface area contributed by atoms with Crippen LogP contribution in [0.3, 0.4) is 0 Å². The van der Waals surface area contributed by atoms with E-state index in [-0.39, 0.29) is 18.6 Å². The summed E-state index contributed by atoms with van der Waals surface area (Å²) in [5.74, 6) is 0.0486. The van der Waals surface area contributed by atoms with Crippen LogP contribution in [0.5, 0.6) is 0 Å². The second-order valence-corrected chi connectivity index (χ2v) is 8.64. The van der Waals surface area contributed by atoms with Gasteiger partial charge in [0.25, 0.3) is 0 Å². The van der Waals surface area contributed by atoms with E-state index in [1.165, 1.54) is 0 Å². The van der Waals surface area contributed by atoms with E-state index in [0.717, 1.165) is 16.7 Å². The van der Waals surface area contributed by atoms with Crippen molar-refractivity contribution in [3.63, 3.8) is 0 Å². The fourth-order valence-electron chi connectivity index (χ4n) is 4.36. The van der Waals surface area contributed by atoms with Crippen LogP contribution in [-0.2, 0) is 29.1 Å². The molecule has 3 aromatic rings. The lowest BCUT2D eigenvalue weighted by Gasteiger charge is -2.40. The number of rotatable bonds is 7. The van der Waals surface area contributed by atoms with Crippen molar-refractivity contribution < 1.29 is 14.3 Å². The zero-order chi connectivity index (χ0) is 22.9. The van der Waals surface area contributed by atoms with Gasteiger partial charge in [0.15, 0.2) is 0 Å². The molecule has 1 saturated heterocycles. The van der Waals surface area contributed by atoms with Gasteiger partial charge in [-0.1, -0.05) is 91.0 Å². The summed E-state index contributed by atoms with van der Waals surface area (Å²) < 4.78 is 5.51. The summed E-state index contributed by atoms with van der Waals surface area (Å²) in [6, 6.07) is 29.7. The van der Waals surface area contributed by atoms with Crippen molar-refractivity contribution in [3.8, 4) is 0 Å². The van der Waals surface area contributed by atoms with Gasteiger partial charge in [0.05, 0.1) is 5.41 Å². The van der Waals surface area contributed by atoms with Gasteiger partial charge in [0.1, 0.15) is 6.61 Å². The molecule has 0 saturated carbocycles. The number of piperidine rings is 1. The third kappa shape index (κ3) is 6.01. The largest absolute Gasteiger partial charge is 0.445 e. The highest BCUT2D eigenvalue weighted by Crippen LogP contribution is 2.36. The Labute approximate surface area is 195 Å². The molecule has 0 unspecified atom stereocenters. The SMILES string of the molecule is O=C(OCc1ccccc1)N1CCC(Cc2ccccc2)(C(=O)NCc2ccccc2)CC1. The van der Waals surface area contributed by atoms with Gasteiger partial charge in [0.2, 0.25) is 5.91 Å². The van der Waals surface area contributed by atoms with Crippen molar-refractivity contribution in [1.29, 1.82) is 0 Å². The van der Waals surface area contributed by atoms with Crippen molar-refractivity contribution in [2.45, 2.75) is 32.4 Å². The molecule has 0 radical (unpaired) electrons. The Morgan fingerprint density at radius 2 is 1.27 bits per heavy atom. The number of ether oxygens (including phenoxy) is 1. The summed E-state index contributed by atoms with van der Waals surface area (Å²) in [5, 5.41) is 3.15. The van der Waals surface area contributed by atoms with Crippen LogP contribution in [0.4, 0.5) is 4.79 Å². The number of carbonyl (C=O) groups is 2. The molecule has 4 rings (SSSR count). The highest BCUT2D eigenvalue weighted by Gasteiger charge is 2.42. The summed E-state index contributed by atoms with van der Waals surface area (Å²) in [4.78, 5) is 27.8. The van der Waals surface area contributed by atoms with Crippen molar-refractivity contribution in [2.75, 3.05) is 13.1 Å². The molecule has 0 bridgehead atoms. The topological polar surface area (TPSA) is 58.6 Å². The highest BCUT2D eigenvalue weighted by atomic mass is 16.6. The molecule has 5 nitrogen and oxygen atoms in total. The van der Waals surface area contributed by atoms with Crippen molar-refractivity contribution >= 4 is 12.0 Å². The van der Waals surface area contributed by atoms with E-state index in [2.05, 4.69) is 17.4 Å². The lowest BCUT2D eigenvalue weighted by molar-refractivity contribution is -0.134. The summed E-state index contributed by atoms with van der Waals surface area (Å²) >= 11 is 0. The predicted molar refractivity (Wildman–Crippen MR) is 128 cm³/mol. The van der Waals surface area contributed by atoms with Crippen LogP contribution in [-0.4, -0.2) is 30.0 Å². The minimum absolute atomic E-state index is 0.0486. The van der Waals surface area contributed by atoms with E-state index >= 15 is 0 Å². The second kappa shape index (κ2) is 10.8. The minimum Gasteiger partial charge on any atom is -0.445 e. The number of nitrogens with one attached hydrogen (secondary N) is 1. The standard InChI is InChI=1S/C28H30N2O3/c31-26(29-21-24-12-6-2-7-13-24)28(20-23-10-4-1-5-11-23)16-18-30(19-17-28)27(32)33-22-25-14-8-3-9-15-25/h1-15H,16-22H2,(H,29,31). The number of nitrogens with zero attached hydrogens (tertiary/aromatic N) is 1. The molecule has 2 amide bonds. The summed E-state index contributed by atoms with van der Waals surface area (Å²) in [7, 11) is 0. The summed E-state index contributed by atoms with van der Waals surface area (Å²) in [6.07, 6.45) is 1.53. The molecule has 1 N–H and O–H groups in total. The number of likely N-dealkylation sites (tertiary alicyclic amines) is 1. The molecule has 0 aromatic heterocycles. The molecular formula is C28H30N2O3. The molecular weight excluding hydrogens is 412 g/mol. The Bertz CT molecular complexity index is 1030. The Hall–Kier alpha value is -3.60. The normalized spacial score (nSPS) is 15.0. The van der Waals surface area contributed by atoms with Gasteiger partial charge in [-0.2, -0.15) is 0 Å². The van der Waals surface area contributed by atoms with Crippen LogP contribution >= 0.6 is 0 Å². The van der Waals surface area contributed by atoms with Gasteiger partial charge >= 0.3 is 6.09 Å². The molecule has 1 heterocycles. The molecule has 1 fully saturated rings. The van der Waals surface area contributed by atoms with Crippen molar-refractivity contribution in [3.05, 3.63) is 108 Å². The highest BCUT2D eigenvalue weighted by molar-refractivity contribution is 5.83. The fraction of sp³-hybridized carbons (Fsp3) is 0.286. The van der Waals surface area contributed by atoms with E-state index < -0.39 is 5.41 Å². The second-order valence-electron chi connectivity index (χ2n) is 8.64. The maximum atomic E-state index is 13.4. The van der Waals surface area contributed by atoms with Gasteiger partial charge in [-0.15, -0.1) is 0 Å². The average molecular weight is 443 g/mol. The number of hydrogen-bond donors (Lipinski definition) is 1. The van der Waals surface area contributed by atoms with Gasteiger partial charge in [-0.3, -0.25) is 4.79 Å². The number of amides is 2. The van der Waals surface area contributed by atoms with Crippen LogP contribution < -0.4 is 5.32 Å². The lowest BCUT2D eigenvalue weighted by Crippen LogP contribution is -2.51. The van der Waals surface area contributed by atoms with E-state index in [4.69, 9.17) is 4.74 Å². The first-order chi connectivity index (χ1) is 16.1. The molecule has 1 aliphatic heterocycles. The maximum absolute atomic E-state index is 13.4. The van der Waals surface area contributed by atoms with Crippen molar-refractivity contribution in [1.82, 2.24) is 10.2 Å². The lowest BCUT2D eigenvalue weighted by atomic mass is 9.73. The smallest absolute Gasteiger partial charge is 0.410 e. The molecule has 1 aliphatic rings. The molecule has 3 aromatic carbocycles. The summed E-state index contributed by atoms with van der Waals surface area (Å²) in [5.41, 5.74) is 2.61. The average Bonchev–Trinajstić information content (AvgIpc) is 2.88. The Balaban J connectivity index is 1.40. The molecule has 33 heavy (non-hydrogen) atoms. The zero-order valence-corrected chi connectivity index (χ0v) is 18.8. The van der Waals surface area contributed by atoms with E-state index in [1.807, 2.05) is 78.9 Å². The zero-order valence-electron chi connectivity index (χ0n) is 18.8. The van der Waals surface area contributed by atoms with E-state index in [1.54, 1.807) is 4.90 Å². The molecule has 170 valence electrons. The number of hydrogen-bond acceptors (Lipinski definition) is 3. The predicted octanol–water partition coefficient (Wildman–Crippen LogP) is 4.96. The molecule has 0 aliphatic carbocycles. The number of carbonyl (C=O) groups excluding carboxylic acids is 2. The van der Waals surface area contributed by atoms with Crippen LogP contribution in [0.2, 0.25) is 0 Å².